The molecule has 1 aromatic heterocycles. The van der Waals surface area contributed by atoms with E-state index in [-0.39, 0.29) is 30.0 Å². The maximum Gasteiger partial charge on any atom is 0.329 e. The SMILES string of the molecule is CCCNC(=O)C1CCCN(C(=O)Cn2c(=O)n(CC)c3ccccc32)C1. The highest BCUT2D eigenvalue weighted by Gasteiger charge is 2.28. The van der Waals surface area contributed by atoms with Crippen LogP contribution in [0.3, 0.4) is 0 Å². The summed E-state index contributed by atoms with van der Waals surface area (Å²) in [5.41, 5.74) is 1.45. The van der Waals surface area contributed by atoms with Crippen molar-refractivity contribution >= 4 is 22.8 Å². The summed E-state index contributed by atoms with van der Waals surface area (Å²) in [6.07, 6.45) is 2.50. The van der Waals surface area contributed by atoms with Gasteiger partial charge in [-0.25, -0.2) is 4.79 Å². The third-order valence-electron chi connectivity index (χ3n) is 5.23. The predicted molar refractivity (Wildman–Crippen MR) is 104 cm³/mol. The second-order valence-electron chi connectivity index (χ2n) is 7.07. The van der Waals surface area contributed by atoms with Gasteiger partial charge in [-0.3, -0.25) is 18.7 Å². The summed E-state index contributed by atoms with van der Waals surface area (Å²) in [5.74, 6) is -0.249. The van der Waals surface area contributed by atoms with Crippen molar-refractivity contribution < 1.29 is 9.59 Å². The van der Waals surface area contributed by atoms with Crippen LogP contribution in [0.2, 0.25) is 0 Å². The van der Waals surface area contributed by atoms with E-state index in [1.165, 1.54) is 0 Å². The molecule has 0 radical (unpaired) electrons. The van der Waals surface area contributed by atoms with Gasteiger partial charge in [-0.1, -0.05) is 19.1 Å². The summed E-state index contributed by atoms with van der Waals surface area (Å²) in [4.78, 5) is 39.6. The van der Waals surface area contributed by atoms with E-state index in [0.29, 0.717) is 26.2 Å². The molecule has 0 aliphatic carbocycles. The van der Waals surface area contributed by atoms with Crippen molar-refractivity contribution in [1.82, 2.24) is 19.4 Å². The molecule has 1 aliphatic heterocycles. The number of aryl methyl sites for hydroxylation is 1. The number of benzene rings is 1. The first kappa shape index (κ1) is 19.2. The van der Waals surface area contributed by atoms with E-state index < -0.39 is 0 Å². The summed E-state index contributed by atoms with van der Waals surface area (Å²) in [5, 5.41) is 2.92. The van der Waals surface area contributed by atoms with Crippen LogP contribution in [0.4, 0.5) is 0 Å². The summed E-state index contributed by atoms with van der Waals surface area (Å²) in [6, 6.07) is 7.53. The van der Waals surface area contributed by atoms with Crippen molar-refractivity contribution in [3.8, 4) is 0 Å². The van der Waals surface area contributed by atoms with Gasteiger partial charge < -0.3 is 10.2 Å². The molecule has 2 aromatic rings. The number of piperidine rings is 1. The molecule has 146 valence electrons. The number of nitrogens with one attached hydrogen (secondary N) is 1. The number of fused-ring (bicyclic) bond motifs is 1. The molecule has 27 heavy (non-hydrogen) atoms. The summed E-state index contributed by atoms with van der Waals surface area (Å²) in [6.45, 7) is 6.23. The monoisotopic (exact) mass is 372 g/mol. The van der Waals surface area contributed by atoms with E-state index in [4.69, 9.17) is 0 Å². The zero-order chi connectivity index (χ0) is 19.4. The first-order chi connectivity index (χ1) is 13.1. The van der Waals surface area contributed by atoms with Gasteiger partial charge in [-0.15, -0.1) is 0 Å². The lowest BCUT2D eigenvalue weighted by atomic mass is 9.97. The topological polar surface area (TPSA) is 76.3 Å². The molecule has 1 aliphatic rings. The van der Waals surface area contributed by atoms with Crippen LogP contribution in [0.1, 0.15) is 33.1 Å². The number of hydrogen-bond acceptors (Lipinski definition) is 3. The van der Waals surface area contributed by atoms with Crippen LogP contribution in [0.25, 0.3) is 11.0 Å². The molecule has 1 fully saturated rings. The Bertz CT molecular complexity index is 883. The van der Waals surface area contributed by atoms with Gasteiger partial charge in [-0.2, -0.15) is 0 Å². The average Bonchev–Trinajstić information content (AvgIpc) is 2.97. The molecule has 7 nitrogen and oxygen atoms in total. The van der Waals surface area contributed by atoms with E-state index in [1.54, 1.807) is 14.0 Å². The van der Waals surface area contributed by atoms with Crippen LogP contribution < -0.4 is 11.0 Å². The Kier molecular flexibility index (Phi) is 5.98. The fourth-order valence-electron chi connectivity index (χ4n) is 3.78. The standard InChI is InChI=1S/C20H28N4O3/c1-3-11-21-19(26)15-8-7-12-22(13-15)18(25)14-24-17-10-6-5-9-16(17)23(4-2)20(24)27/h5-6,9-10,15H,3-4,7-8,11-14H2,1-2H3,(H,21,26). The van der Waals surface area contributed by atoms with E-state index in [9.17, 15) is 14.4 Å². The number of para-hydroxylation sites is 2. The van der Waals surface area contributed by atoms with Crippen LogP contribution in [-0.2, 0) is 22.7 Å². The van der Waals surface area contributed by atoms with Crippen LogP contribution >= 0.6 is 0 Å². The minimum atomic E-state index is -0.165. The number of carbonyl (C=O) groups excluding carboxylic acids is 2. The predicted octanol–water partition coefficient (Wildman–Crippen LogP) is 1.59. The fraction of sp³-hybridized carbons (Fsp3) is 0.550. The smallest absolute Gasteiger partial charge is 0.329 e. The van der Waals surface area contributed by atoms with Crippen molar-refractivity contribution in [1.29, 1.82) is 0 Å². The number of hydrogen-bond donors (Lipinski definition) is 1. The first-order valence-corrected chi connectivity index (χ1v) is 9.80. The number of imidazole rings is 1. The van der Waals surface area contributed by atoms with E-state index in [1.807, 2.05) is 38.1 Å². The molecule has 2 heterocycles. The molecule has 1 saturated heterocycles. The maximum atomic E-state index is 12.9. The van der Waals surface area contributed by atoms with Gasteiger partial charge >= 0.3 is 5.69 Å². The lowest BCUT2D eigenvalue weighted by Gasteiger charge is -2.32. The molecular formula is C20H28N4O3. The summed E-state index contributed by atoms with van der Waals surface area (Å²) >= 11 is 0. The molecule has 0 saturated carbocycles. The van der Waals surface area contributed by atoms with Crippen molar-refractivity contribution in [2.45, 2.75) is 46.2 Å². The normalized spacial score (nSPS) is 17.3. The Morgan fingerprint density at radius 3 is 2.52 bits per heavy atom. The second kappa shape index (κ2) is 8.41. The third-order valence-corrected chi connectivity index (χ3v) is 5.23. The van der Waals surface area contributed by atoms with E-state index in [0.717, 1.165) is 30.3 Å². The van der Waals surface area contributed by atoms with Crippen LogP contribution in [-0.4, -0.2) is 45.5 Å². The molecular weight excluding hydrogens is 344 g/mol. The summed E-state index contributed by atoms with van der Waals surface area (Å²) < 4.78 is 3.22. The largest absolute Gasteiger partial charge is 0.356 e. The number of likely N-dealkylation sites (tertiary alicyclic amines) is 1. The van der Waals surface area contributed by atoms with Crippen LogP contribution in [0.15, 0.2) is 29.1 Å². The highest BCUT2D eigenvalue weighted by molar-refractivity contribution is 5.83. The molecule has 3 rings (SSSR count). The molecule has 1 N–H and O–H groups in total. The van der Waals surface area contributed by atoms with Gasteiger partial charge in [0.2, 0.25) is 11.8 Å². The van der Waals surface area contributed by atoms with Gasteiger partial charge in [0.15, 0.2) is 0 Å². The third kappa shape index (κ3) is 3.91. The minimum Gasteiger partial charge on any atom is -0.356 e. The minimum absolute atomic E-state index is 0.00957. The van der Waals surface area contributed by atoms with Gasteiger partial charge in [0.25, 0.3) is 0 Å². The molecule has 1 aromatic carbocycles. The first-order valence-electron chi connectivity index (χ1n) is 9.80. The fourth-order valence-corrected chi connectivity index (χ4v) is 3.78. The number of aromatic nitrogens is 2. The van der Waals surface area contributed by atoms with Crippen molar-refractivity contribution in [3.63, 3.8) is 0 Å². The van der Waals surface area contributed by atoms with E-state index >= 15 is 0 Å². The Hall–Kier alpha value is -2.57. The number of rotatable bonds is 6. The molecule has 2 amide bonds. The lowest BCUT2D eigenvalue weighted by Crippen LogP contribution is -2.47. The molecule has 1 unspecified atom stereocenters. The maximum absolute atomic E-state index is 12.9. The van der Waals surface area contributed by atoms with Gasteiger partial charge in [-0.05, 0) is 38.3 Å². The number of carbonyl (C=O) groups is 2. The van der Waals surface area contributed by atoms with Gasteiger partial charge in [0, 0.05) is 26.2 Å². The van der Waals surface area contributed by atoms with Crippen molar-refractivity contribution in [3.05, 3.63) is 34.7 Å². The second-order valence-corrected chi connectivity index (χ2v) is 7.07. The molecule has 0 bridgehead atoms. The van der Waals surface area contributed by atoms with Crippen molar-refractivity contribution in [2.75, 3.05) is 19.6 Å². The number of nitrogens with zero attached hydrogens (tertiary/aromatic N) is 3. The zero-order valence-electron chi connectivity index (χ0n) is 16.1. The van der Waals surface area contributed by atoms with Gasteiger partial charge in [0.1, 0.15) is 6.54 Å². The Morgan fingerprint density at radius 1 is 1.15 bits per heavy atom. The molecule has 7 heteroatoms. The Labute approximate surface area is 158 Å². The quantitative estimate of drug-likeness (QED) is 0.837. The van der Waals surface area contributed by atoms with Crippen LogP contribution in [0.5, 0.6) is 0 Å². The van der Waals surface area contributed by atoms with Crippen LogP contribution in [0, 0.1) is 5.92 Å². The highest BCUT2D eigenvalue weighted by atomic mass is 16.2. The zero-order valence-corrected chi connectivity index (χ0v) is 16.1. The Balaban J connectivity index is 1.76. The lowest BCUT2D eigenvalue weighted by molar-refractivity contribution is -0.136. The number of amides is 2. The average molecular weight is 372 g/mol. The summed E-state index contributed by atoms with van der Waals surface area (Å²) in [7, 11) is 0. The van der Waals surface area contributed by atoms with Gasteiger partial charge in [0.05, 0.1) is 17.0 Å². The van der Waals surface area contributed by atoms with Crippen molar-refractivity contribution in [2.24, 2.45) is 5.92 Å². The molecule has 0 spiro atoms. The highest BCUT2D eigenvalue weighted by Crippen LogP contribution is 2.18. The van der Waals surface area contributed by atoms with E-state index in [2.05, 4.69) is 5.32 Å². The molecule has 1 atom stereocenters. The Morgan fingerprint density at radius 2 is 1.85 bits per heavy atom.